The zero-order valence-corrected chi connectivity index (χ0v) is 21.3. The lowest BCUT2D eigenvalue weighted by molar-refractivity contribution is -0.121. The van der Waals surface area contributed by atoms with E-state index in [9.17, 15) is 22.0 Å². The zero-order valence-electron chi connectivity index (χ0n) is 19.7. The summed E-state index contributed by atoms with van der Waals surface area (Å²) in [4.78, 5) is 23.7. The molecule has 12 heteroatoms. The average Bonchev–Trinajstić information content (AvgIpc) is 3.56. The van der Waals surface area contributed by atoms with Gasteiger partial charge in [-0.1, -0.05) is 17.4 Å². The van der Waals surface area contributed by atoms with Crippen molar-refractivity contribution in [2.45, 2.75) is 30.3 Å². The molecule has 0 saturated carbocycles. The van der Waals surface area contributed by atoms with Crippen LogP contribution in [0, 0.1) is 11.6 Å². The van der Waals surface area contributed by atoms with Crippen LogP contribution in [-0.2, 0) is 21.4 Å². The highest BCUT2D eigenvalue weighted by molar-refractivity contribution is 7.89. The van der Waals surface area contributed by atoms with Gasteiger partial charge in [-0.2, -0.15) is 4.31 Å². The van der Waals surface area contributed by atoms with Crippen LogP contribution in [0.1, 0.15) is 18.4 Å². The number of carbonyl (C=O) groups is 1. The molecule has 1 aliphatic heterocycles. The van der Waals surface area contributed by atoms with Gasteiger partial charge in [0.05, 0.1) is 23.2 Å². The molecule has 1 fully saturated rings. The molecule has 5 rings (SSSR count). The molecular weight excluding hydrogens is 522 g/mol. The number of hydrogen-bond donors (Lipinski definition) is 0. The maximum atomic E-state index is 14.4. The molecule has 4 aromatic rings. The second-order valence-corrected chi connectivity index (χ2v) is 11.4. The number of thiazole rings is 1. The Morgan fingerprint density at radius 1 is 1.22 bits per heavy atom. The largest absolute Gasteiger partial charge is 0.497 e. The number of anilines is 1. The van der Waals surface area contributed by atoms with Crippen LogP contribution in [0.4, 0.5) is 13.9 Å². The third kappa shape index (κ3) is 4.91. The maximum absolute atomic E-state index is 14.4. The Hall–Kier alpha value is -3.48. The van der Waals surface area contributed by atoms with E-state index in [2.05, 4.69) is 9.97 Å². The number of sulfonamides is 1. The van der Waals surface area contributed by atoms with E-state index in [1.165, 1.54) is 28.4 Å². The number of benzene rings is 2. The lowest BCUT2D eigenvalue weighted by atomic mass is 10.2. The van der Waals surface area contributed by atoms with Crippen LogP contribution in [-0.4, -0.2) is 48.3 Å². The van der Waals surface area contributed by atoms with Gasteiger partial charge in [-0.3, -0.25) is 14.7 Å². The summed E-state index contributed by atoms with van der Waals surface area (Å²) in [6, 6.07) is 10.3. The number of hydrogen-bond acceptors (Lipinski definition) is 7. The minimum atomic E-state index is -3.99. The number of nitrogens with zero attached hydrogens (tertiary/aromatic N) is 4. The number of pyridine rings is 1. The normalized spacial score (nSPS) is 16.2. The summed E-state index contributed by atoms with van der Waals surface area (Å²) in [5.74, 6) is -1.58. The van der Waals surface area contributed by atoms with Gasteiger partial charge in [0.15, 0.2) is 10.9 Å². The summed E-state index contributed by atoms with van der Waals surface area (Å²) in [6.07, 6.45) is 3.97. The molecule has 2 aromatic heterocycles. The molecular formula is C25H22F2N4O4S2. The predicted octanol–water partition coefficient (Wildman–Crippen LogP) is 4.36. The molecule has 8 nitrogen and oxygen atoms in total. The summed E-state index contributed by atoms with van der Waals surface area (Å²) in [5, 5.41) is 0.141. The van der Waals surface area contributed by atoms with E-state index in [4.69, 9.17) is 4.74 Å². The number of ether oxygens (including phenoxy) is 1. The molecule has 3 heterocycles. The molecule has 0 N–H and O–H groups in total. The Kier molecular flexibility index (Phi) is 6.88. The van der Waals surface area contributed by atoms with Crippen LogP contribution < -0.4 is 9.64 Å². The van der Waals surface area contributed by atoms with Crippen LogP contribution in [0.15, 0.2) is 65.8 Å². The molecule has 1 atom stereocenters. The van der Waals surface area contributed by atoms with Gasteiger partial charge in [-0.15, -0.1) is 0 Å². The molecule has 0 aliphatic carbocycles. The second kappa shape index (κ2) is 10.1. The fourth-order valence-electron chi connectivity index (χ4n) is 4.31. The van der Waals surface area contributed by atoms with Crippen molar-refractivity contribution in [3.63, 3.8) is 0 Å². The minimum Gasteiger partial charge on any atom is -0.497 e. The first kappa shape index (κ1) is 25.2. The highest BCUT2D eigenvalue weighted by Gasteiger charge is 2.42. The van der Waals surface area contributed by atoms with Gasteiger partial charge in [0.1, 0.15) is 23.1 Å². The van der Waals surface area contributed by atoms with E-state index in [-0.39, 0.29) is 33.3 Å². The lowest BCUT2D eigenvalue weighted by Gasteiger charge is -2.28. The smallest absolute Gasteiger partial charge is 0.247 e. The van der Waals surface area contributed by atoms with Crippen molar-refractivity contribution >= 4 is 42.6 Å². The summed E-state index contributed by atoms with van der Waals surface area (Å²) in [7, 11) is -2.51. The molecule has 0 bridgehead atoms. The molecule has 1 aliphatic rings. The van der Waals surface area contributed by atoms with E-state index in [0.29, 0.717) is 24.2 Å². The van der Waals surface area contributed by atoms with Gasteiger partial charge in [0.2, 0.25) is 15.9 Å². The van der Waals surface area contributed by atoms with Gasteiger partial charge >= 0.3 is 0 Å². The number of rotatable bonds is 7. The van der Waals surface area contributed by atoms with Crippen molar-refractivity contribution in [2.24, 2.45) is 0 Å². The van der Waals surface area contributed by atoms with Gasteiger partial charge < -0.3 is 4.74 Å². The first-order valence-corrected chi connectivity index (χ1v) is 13.7. The van der Waals surface area contributed by atoms with E-state index in [0.717, 1.165) is 23.5 Å². The number of halogens is 2. The van der Waals surface area contributed by atoms with E-state index >= 15 is 0 Å². The molecule has 192 valence electrons. The standard InChI is InChI=1S/C25H22F2N4O4S2/c1-35-18-6-8-19(9-7-18)37(33,34)31-11-3-5-21(31)24(32)30(15-16-4-2-10-28-14-16)25-29-23-20(27)12-17(26)13-22(23)36-25/h2,4,6-10,12-14,21H,3,5,11,15H2,1H3. The van der Waals surface area contributed by atoms with Crippen molar-refractivity contribution in [3.05, 3.63) is 78.1 Å². The number of methoxy groups -OCH3 is 1. The van der Waals surface area contributed by atoms with E-state index in [1.807, 2.05) is 0 Å². The Balaban J connectivity index is 1.52. The van der Waals surface area contributed by atoms with Gasteiger partial charge in [0.25, 0.3) is 0 Å². The Morgan fingerprint density at radius 3 is 2.70 bits per heavy atom. The zero-order chi connectivity index (χ0) is 26.2. The highest BCUT2D eigenvalue weighted by atomic mass is 32.2. The van der Waals surface area contributed by atoms with Gasteiger partial charge in [-0.05, 0) is 54.8 Å². The molecule has 2 aromatic carbocycles. The van der Waals surface area contributed by atoms with Gasteiger partial charge in [-0.25, -0.2) is 22.2 Å². The molecule has 1 unspecified atom stereocenters. The lowest BCUT2D eigenvalue weighted by Crippen LogP contribution is -2.47. The van der Waals surface area contributed by atoms with Crippen molar-refractivity contribution < 1.29 is 26.7 Å². The third-order valence-corrected chi connectivity index (χ3v) is 9.06. The van der Waals surface area contributed by atoms with E-state index in [1.54, 1.807) is 36.7 Å². The number of carbonyl (C=O) groups excluding carboxylic acids is 1. The third-order valence-electron chi connectivity index (χ3n) is 6.12. The van der Waals surface area contributed by atoms with Crippen LogP contribution in [0.2, 0.25) is 0 Å². The van der Waals surface area contributed by atoms with Crippen LogP contribution >= 0.6 is 11.3 Å². The topological polar surface area (TPSA) is 92.7 Å². The summed E-state index contributed by atoms with van der Waals surface area (Å²) in [5.41, 5.74) is 0.615. The fourth-order valence-corrected chi connectivity index (χ4v) is 6.97. The van der Waals surface area contributed by atoms with Crippen LogP contribution in [0.3, 0.4) is 0 Å². The van der Waals surface area contributed by atoms with Crippen LogP contribution in [0.25, 0.3) is 10.2 Å². The summed E-state index contributed by atoms with van der Waals surface area (Å²) >= 11 is 0.961. The summed E-state index contributed by atoms with van der Waals surface area (Å²) in [6.45, 7) is 0.203. The van der Waals surface area contributed by atoms with Crippen molar-refractivity contribution in [2.75, 3.05) is 18.6 Å². The van der Waals surface area contributed by atoms with Crippen LogP contribution in [0.5, 0.6) is 5.75 Å². The SMILES string of the molecule is COc1ccc(S(=O)(=O)N2CCCC2C(=O)N(Cc2cccnc2)c2nc3c(F)cc(F)cc3s2)cc1. The molecule has 1 saturated heterocycles. The molecule has 0 spiro atoms. The van der Waals surface area contributed by atoms with Crippen molar-refractivity contribution in [3.8, 4) is 5.75 Å². The van der Waals surface area contributed by atoms with E-state index < -0.39 is 33.6 Å². The minimum absolute atomic E-state index is 0.0313. The Bertz CT molecular complexity index is 1550. The Labute approximate surface area is 216 Å². The Morgan fingerprint density at radius 2 is 2.00 bits per heavy atom. The first-order chi connectivity index (χ1) is 17.8. The molecule has 0 radical (unpaired) electrons. The molecule has 37 heavy (non-hydrogen) atoms. The number of amides is 1. The number of aromatic nitrogens is 2. The first-order valence-electron chi connectivity index (χ1n) is 11.4. The monoisotopic (exact) mass is 544 g/mol. The fraction of sp³-hybridized carbons (Fsp3) is 0.240. The quantitative estimate of drug-likeness (QED) is 0.343. The highest BCUT2D eigenvalue weighted by Crippen LogP contribution is 2.35. The second-order valence-electron chi connectivity index (χ2n) is 8.47. The average molecular weight is 545 g/mol. The number of fused-ring (bicyclic) bond motifs is 1. The van der Waals surface area contributed by atoms with Gasteiger partial charge in [0, 0.05) is 25.0 Å². The predicted molar refractivity (Wildman–Crippen MR) is 135 cm³/mol. The summed E-state index contributed by atoms with van der Waals surface area (Å²) < 4.78 is 61.8. The van der Waals surface area contributed by atoms with Crippen molar-refractivity contribution in [1.29, 1.82) is 0 Å². The van der Waals surface area contributed by atoms with Crippen molar-refractivity contribution in [1.82, 2.24) is 14.3 Å². The molecule has 1 amide bonds. The maximum Gasteiger partial charge on any atom is 0.247 e.